The minimum atomic E-state index is -0.338. The summed E-state index contributed by atoms with van der Waals surface area (Å²) >= 11 is 1.33. The highest BCUT2D eigenvalue weighted by Gasteiger charge is 2.19. The first-order valence-corrected chi connectivity index (χ1v) is 7.62. The number of anilines is 1. The predicted octanol–water partition coefficient (Wildman–Crippen LogP) is 3.40. The van der Waals surface area contributed by atoms with Gasteiger partial charge in [-0.25, -0.2) is 14.8 Å². The molecule has 0 bridgehead atoms. The maximum absolute atomic E-state index is 11.8. The Hall–Kier alpha value is -2.47. The number of hydrogen-bond donors (Lipinski definition) is 1. The topological polar surface area (TPSA) is 64.1 Å². The number of nitrogens with one attached hydrogen (secondary N) is 1. The van der Waals surface area contributed by atoms with E-state index in [-0.39, 0.29) is 5.97 Å². The van der Waals surface area contributed by atoms with Gasteiger partial charge in [0.1, 0.15) is 21.9 Å². The number of thiophene rings is 1. The zero-order valence-electron chi connectivity index (χ0n) is 12.3. The molecule has 6 heteroatoms. The average molecular weight is 313 g/mol. The third-order valence-corrected chi connectivity index (χ3v) is 4.58. The number of rotatable bonds is 4. The summed E-state index contributed by atoms with van der Waals surface area (Å²) in [5.41, 5.74) is 2.01. The smallest absolute Gasteiger partial charge is 0.348 e. The second kappa shape index (κ2) is 6.11. The van der Waals surface area contributed by atoms with E-state index in [0.717, 1.165) is 27.2 Å². The number of benzene rings is 1. The Bertz CT molecular complexity index is 815. The van der Waals surface area contributed by atoms with Gasteiger partial charge in [0, 0.05) is 6.54 Å². The van der Waals surface area contributed by atoms with Gasteiger partial charge >= 0.3 is 5.97 Å². The van der Waals surface area contributed by atoms with Gasteiger partial charge in [-0.15, -0.1) is 11.3 Å². The number of methoxy groups -OCH3 is 1. The molecule has 5 nitrogen and oxygen atoms in total. The zero-order valence-corrected chi connectivity index (χ0v) is 13.1. The number of carbonyl (C=O) groups is 1. The minimum absolute atomic E-state index is 0.338. The van der Waals surface area contributed by atoms with Crippen molar-refractivity contribution in [2.45, 2.75) is 13.5 Å². The van der Waals surface area contributed by atoms with Crippen LogP contribution < -0.4 is 5.32 Å². The van der Waals surface area contributed by atoms with Crippen LogP contribution in [-0.2, 0) is 11.3 Å². The first-order valence-electron chi connectivity index (χ1n) is 6.81. The fourth-order valence-corrected chi connectivity index (χ4v) is 3.34. The molecule has 0 amide bonds. The monoisotopic (exact) mass is 313 g/mol. The number of aromatic nitrogens is 2. The molecule has 0 aliphatic carbocycles. The van der Waals surface area contributed by atoms with Crippen molar-refractivity contribution >= 4 is 33.3 Å². The third-order valence-electron chi connectivity index (χ3n) is 3.40. The van der Waals surface area contributed by atoms with E-state index in [9.17, 15) is 4.79 Å². The van der Waals surface area contributed by atoms with E-state index in [1.165, 1.54) is 24.8 Å². The van der Waals surface area contributed by atoms with Crippen LogP contribution in [0.4, 0.5) is 5.82 Å². The minimum Gasteiger partial charge on any atom is -0.465 e. The van der Waals surface area contributed by atoms with Crippen molar-refractivity contribution in [3.8, 4) is 0 Å². The normalized spacial score (nSPS) is 10.6. The maximum Gasteiger partial charge on any atom is 0.348 e. The highest BCUT2D eigenvalue weighted by molar-refractivity contribution is 7.20. The molecule has 3 aromatic rings. The molecule has 0 aliphatic rings. The molecule has 0 saturated heterocycles. The Labute approximate surface area is 132 Å². The van der Waals surface area contributed by atoms with Crippen LogP contribution in [0.15, 0.2) is 36.7 Å². The SMILES string of the molecule is COC(=O)c1sc2ncnc(NCc3ccccc3)c2c1C. The number of carbonyl (C=O) groups excluding carboxylic acids is 1. The van der Waals surface area contributed by atoms with Gasteiger partial charge in [-0.3, -0.25) is 0 Å². The van der Waals surface area contributed by atoms with E-state index < -0.39 is 0 Å². The molecule has 112 valence electrons. The van der Waals surface area contributed by atoms with Crippen LogP contribution in [-0.4, -0.2) is 23.0 Å². The van der Waals surface area contributed by atoms with Gasteiger partial charge in [0.05, 0.1) is 12.5 Å². The summed E-state index contributed by atoms with van der Waals surface area (Å²) in [6.07, 6.45) is 1.51. The highest BCUT2D eigenvalue weighted by Crippen LogP contribution is 2.33. The van der Waals surface area contributed by atoms with E-state index in [1.54, 1.807) is 0 Å². The van der Waals surface area contributed by atoms with Crippen molar-refractivity contribution in [1.82, 2.24) is 9.97 Å². The number of aryl methyl sites for hydroxylation is 1. The summed E-state index contributed by atoms with van der Waals surface area (Å²) in [7, 11) is 1.38. The lowest BCUT2D eigenvalue weighted by molar-refractivity contribution is 0.0605. The summed E-state index contributed by atoms with van der Waals surface area (Å²) in [4.78, 5) is 21.7. The highest BCUT2D eigenvalue weighted by atomic mass is 32.1. The summed E-state index contributed by atoms with van der Waals surface area (Å²) in [6, 6.07) is 10.1. The van der Waals surface area contributed by atoms with Gasteiger partial charge in [0.15, 0.2) is 0 Å². The predicted molar refractivity (Wildman–Crippen MR) is 87.3 cm³/mol. The van der Waals surface area contributed by atoms with Gasteiger partial charge in [0.2, 0.25) is 0 Å². The van der Waals surface area contributed by atoms with Crippen molar-refractivity contribution in [2.24, 2.45) is 0 Å². The van der Waals surface area contributed by atoms with E-state index in [4.69, 9.17) is 4.74 Å². The molecule has 0 atom stereocenters. The van der Waals surface area contributed by atoms with Crippen LogP contribution in [0.5, 0.6) is 0 Å². The van der Waals surface area contributed by atoms with E-state index in [1.807, 2.05) is 37.3 Å². The third kappa shape index (κ3) is 2.65. The maximum atomic E-state index is 11.8. The largest absolute Gasteiger partial charge is 0.465 e. The van der Waals surface area contributed by atoms with E-state index in [0.29, 0.717) is 11.4 Å². The molecular weight excluding hydrogens is 298 g/mol. The quantitative estimate of drug-likeness (QED) is 0.748. The fraction of sp³-hybridized carbons (Fsp3) is 0.188. The molecule has 0 aliphatic heterocycles. The fourth-order valence-electron chi connectivity index (χ4n) is 2.27. The molecule has 0 spiro atoms. The second-order valence-electron chi connectivity index (χ2n) is 4.79. The second-order valence-corrected chi connectivity index (χ2v) is 5.79. The van der Waals surface area contributed by atoms with Gasteiger partial charge in [0.25, 0.3) is 0 Å². The van der Waals surface area contributed by atoms with E-state index >= 15 is 0 Å². The van der Waals surface area contributed by atoms with E-state index in [2.05, 4.69) is 15.3 Å². The number of ether oxygens (including phenoxy) is 1. The van der Waals surface area contributed by atoms with Crippen LogP contribution in [0.1, 0.15) is 20.8 Å². The van der Waals surface area contributed by atoms with Crippen molar-refractivity contribution in [2.75, 3.05) is 12.4 Å². The molecule has 1 N–H and O–H groups in total. The van der Waals surface area contributed by atoms with Gasteiger partial charge < -0.3 is 10.1 Å². The summed E-state index contributed by atoms with van der Waals surface area (Å²) in [5.74, 6) is 0.396. The van der Waals surface area contributed by atoms with Gasteiger partial charge in [-0.2, -0.15) is 0 Å². The number of nitrogens with zero attached hydrogens (tertiary/aromatic N) is 2. The first kappa shape index (κ1) is 14.5. The zero-order chi connectivity index (χ0) is 15.5. The van der Waals surface area contributed by atoms with Crippen LogP contribution in [0.25, 0.3) is 10.2 Å². The van der Waals surface area contributed by atoms with Crippen LogP contribution in [0.3, 0.4) is 0 Å². The molecule has 0 fully saturated rings. The van der Waals surface area contributed by atoms with Crippen LogP contribution in [0, 0.1) is 6.92 Å². The average Bonchev–Trinajstić information content (AvgIpc) is 2.91. The molecule has 22 heavy (non-hydrogen) atoms. The van der Waals surface area contributed by atoms with Crippen LogP contribution in [0.2, 0.25) is 0 Å². The molecule has 2 aromatic heterocycles. The Morgan fingerprint density at radius 3 is 2.77 bits per heavy atom. The van der Waals surface area contributed by atoms with Gasteiger partial charge in [-0.05, 0) is 18.1 Å². The van der Waals surface area contributed by atoms with Crippen LogP contribution >= 0.6 is 11.3 Å². The van der Waals surface area contributed by atoms with Crippen molar-refractivity contribution in [3.63, 3.8) is 0 Å². The lowest BCUT2D eigenvalue weighted by Crippen LogP contribution is -2.03. The standard InChI is InChI=1S/C16H15N3O2S/c1-10-12-14(17-8-11-6-4-3-5-7-11)18-9-19-15(12)22-13(10)16(20)21-2/h3-7,9H,8H2,1-2H3,(H,17,18,19). The summed E-state index contributed by atoms with van der Waals surface area (Å²) in [5, 5.41) is 4.20. The first-order chi connectivity index (χ1) is 10.7. The molecule has 0 saturated carbocycles. The lowest BCUT2D eigenvalue weighted by atomic mass is 10.2. The number of esters is 1. The molecule has 0 radical (unpaired) electrons. The molecular formula is C16H15N3O2S. The van der Waals surface area contributed by atoms with Crippen molar-refractivity contribution in [3.05, 3.63) is 52.7 Å². The Morgan fingerprint density at radius 1 is 1.27 bits per heavy atom. The lowest BCUT2D eigenvalue weighted by Gasteiger charge is -2.07. The van der Waals surface area contributed by atoms with Crippen molar-refractivity contribution < 1.29 is 9.53 Å². The Kier molecular flexibility index (Phi) is 4.02. The number of hydrogen-bond acceptors (Lipinski definition) is 6. The summed E-state index contributed by atoms with van der Waals surface area (Å²) < 4.78 is 4.82. The Morgan fingerprint density at radius 2 is 2.05 bits per heavy atom. The number of fused-ring (bicyclic) bond motifs is 1. The molecule has 0 unspecified atom stereocenters. The molecule has 2 heterocycles. The Balaban J connectivity index is 1.96. The summed E-state index contributed by atoms with van der Waals surface area (Å²) in [6.45, 7) is 2.55. The molecule has 1 aromatic carbocycles. The van der Waals surface area contributed by atoms with Gasteiger partial charge in [-0.1, -0.05) is 30.3 Å². The van der Waals surface area contributed by atoms with Crippen molar-refractivity contribution in [1.29, 1.82) is 0 Å². The molecule has 3 rings (SSSR count).